The molecule has 7 heteroatoms. The van der Waals surface area contributed by atoms with Crippen LogP contribution in [0.15, 0.2) is 0 Å². The second-order valence-corrected chi connectivity index (χ2v) is 3.52. The minimum Gasteiger partial charge on any atom is -0.480 e. The molecule has 0 unspecified atom stereocenters. The van der Waals surface area contributed by atoms with Gasteiger partial charge < -0.3 is 14.6 Å². The van der Waals surface area contributed by atoms with E-state index in [1.165, 1.54) is 0 Å². The maximum Gasteiger partial charge on any atom is 0.418 e. The van der Waals surface area contributed by atoms with Crippen molar-refractivity contribution >= 4 is 18.0 Å². The highest BCUT2D eigenvalue weighted by atomic mass is 16.6. The van der Waals surface area contributed by atoms with Gasteiger partial charge in [0, 0.05) is 0 Å². The summed E-state index contributed by atoms with van der Waals surface area (Å²) < 4.78 is 9.68. The van der Waals surface area contributed by atoms with Crippen LogP contribution in [0.3, 0.4) is 0 Å². The molecule has 0 bridgehead atoms. The van der Waals surface area contributed by atoms with E-state index in [2.05, 4.69) is 4.74 Å². The maximum atomic E-state index is 11.6. The van der Waals surface area contributed by atoms with Gasteiger partial charge in [-0.3, -0.25) is 4.79 Å². The Labute approximate surface area is 98.3 Å². The van der Waals surface area contributed by atoms with Gasteiger partial charge in [-0.1, -0.05) is 6.92 Å². The lowest BCUT2D eigenvalue weighted by atomic mass is 9.93. The number of carbonyl (C=O) groups is 3. The standard InChI is InChI=1S/C10H15NO6/c1-3-6-8(14)11(10(15)16-4-2)9(6)17-5-7(12)13/h6,9H,3-5H2,1-2H3,(H,12,13)/t6-,9+/m1/s1. The zero-order valence-electron chi connectivity index (χ0n) is 9.71. The molecule has 17 heavy (non-hydrogen) atoms. The van der Waals surface area contributed by atoms with Crippen LogP contribution in [-0.4, -0.2) is 47.4 Å². The van der Waals surface area contributed by atoms with Crippen molar-refractivity contribution in [2.24, 2.45) is 5.92 Å². The summed E-state index contributed by atoms with van der Waals surface area (Å²) in [7, 11) is 0. The van der Waals surface area contributed by atoms with Gasteiger partial charge in [-0.25, -0.2) is 14.5 Å². The fraction of sp³-hybridized carbons (Fsp3) is 0.700. The van der Waals surface area contributed by atoms with Gasteiger partial charge in [-0.05, 0) is 13.3 Å². The topological polar surface area (TPSA) is 93.1 Å². The van der Waals surface area contributed by atoms with Gasteiger partial charge in [-0.2, -0.15) is 0 Å². The van der Waals surface area contributed by atoms with E-state index in [0.29, 0.717) is 6.42 Å². The van der Waals surface area contributed by atoms with E-state index in [1.807, 2.05) is 0 Å². The van der Waals surface area contributed by atoms with Gasteiger partial charge in [0.15, 0.2) is 6.23 Å². The highest BCUT2D eigenvalue weighted by Gasteiger charge is 2.51. The van der Waals surface area contributed by atoms with Gasteiger partial charge in [0.25, 0.3) is 0 Å². The number of nitrogens with zero attached hydrogens (tertiary/aromatic N) is 1. The minimum atomic E-state index is -1.15. The van der Waals surface area contributed by atoms with Gasteiger partial charge in [0.2, 0.25) is 5.91 Å². The molecule has 1 heterocycles. The quantitative estimate of drug-likeness (QED) is 0.706. The highest BCUT2D eigenvalue weighted by Crippen LogP contribution is 2.30. The molecule has 0 saturated carbocycles. The number of β-lactam (4-membered cyclic amide) rings is 1. The van der Waals surface area contributed by atoms with Crippen molar-refractivity contribution in [3.8, 4) is 0 Å². The van der Waals surface area contributed by atoms with E-state index < -0.39 is 30.8 Å². The molecule has 96 valence electrons. The van der Waals surface area contributed by atoms with Crippen molar-refractivity contribution in [3.63, 3.8) is 0 Å². The molecule has 0 spiro atoms. The molecule has 1 N–H and O–H groups in total. The van der Waals surface area contributed by atoms with E-state index >= 15 is 0 Å². The van der Waals surface area contributed by atoms with Crippen LogP contribution in [0.2, 0.25) is 0 Å². The molecule has 7 nitrogen and oxygen atoms in total. The lowest BCUT2D eigenvalue weighted by Gasteiger charge is -2.43. The third kappa shape index (κ3) is 2.73. The van der Waals surface area contributed by atoms with Crippen molar-refractivity contribution in [1.82, 2.24) is 4.90 Å². The minimum absolute atomic E-state index is 0.144. The van der Waals surface area contributed by atoms with Crippen LogP contribution < -0.4 is 0 Å². The fourth-order valence-corrected chi connectivity index (χ4v) is 1.63. The van der Waals surface area contributed by atoms with Crippen molar-refractivity contribution < 1.29 is 29.0 Å². The van der Waals surface area contributed by atoms with Crippen molar-refractivity contribution in [3.05, 3.63) is 0 Å². The SMILES string of the molecule is CCOC(=O)N1C(=O)[C@@H](CC)[C@@H]1OCC(=O)O. The van der Waals surface area contributed by atoms with Crippen LogP contribution in [0.1, 0.15) is 20.3 Å². The molecule has 2 atom stereocenters. The smallest absolute Gasteiger partial charge is 0.418 e. The lowest BCUT2D eigenvalue weighted by molar-refractivity contribution is -0.190. The number of carboxylic acid groups (broad SMARTS) is 1. The number of carbonyl (C=O) groups excluding carboxylic acids is 2. The zero-order chi connectivity index (χ0) is 13.0. The van der Waals surface area contributed by atoms with Crippen LogP contribution in [0, 0.1) is 5.92 Å². The Balaban J connectivity index is 2.64. The first-order chi connectivity index (χ1) is 8.02. The average Bonchev–Trinajstić information content (AvgIpc) is 2.24. The number of aliphatic carboxylic acids is 1. The lowest BCUT2D eigenvalue weighted by Crippen LogP contribution is -2.64. The maximum absolute atomic E-state index is 11.6. The number of likely N-dealkylation sites (tertiary alicyclic amines) is 1. The fourth-order valence-electron chi connectivity index (χ4n) is 1.63. The van der Waals surface area contributed by atoms with Gasteiger partial charge in [0.1, 0.15) is 6.61 Å². The summed E-state index contributed by atoms with van der Waals surface area (Å²) >= 11 is 0. The molecule has 0 aromatic rings. The molecule has 0 aromatic heterocycles. The van der Waals surface area contributed by atoms with E-state index in [0.717, 1.165) is 4.90 Å². The summed E-state index contributed by atoms with van der Waals surface area (Å²) in [6.07, 6.45) is -1.14. The van der Waals surface area contributed by atoms with E-state index in [-0.39, 0.29) is 12.5 Å². The Morgan fingerprint density at radius 3 is 2.53 bits per heavy atom. The summed E-state index contributed by atoms with van der Waals surface area (Å²) in [5.74, 6) is -2.01. The Kier molecular flexibility index (Phi) is 4.45. The van der Waals surface area contributed by atoms with E-state index in [4.69, 9.17) is 9.84 Å². The number of amides is 2. The highest BCUT2D eigenvalue weighted by molar-refractivity contribution is 5.99. The summed E-state index contributed by atoms with van der Waals surface area (Å²) in [6, 6.07) is 0. The second-order valence-electron chi connectivity index (χ2n) is 3.52. The van der Waals surface area contributed by atoms with Gasteiger partial charge >= 0.3 is 12.1 Å². The molecule has 0 radical (unpaired) electrons. The molecule has 1 fully saturated rings. The van der Waals surface area contributed by atoms with Crippen LogP contribution >= 0.6 is 0 Å². The normalized spacial score (nSPS) is 23.2. The van der Waals surface area contributed by atoms with Crippen LogP contribution in [-0.2, 0) is 19.1 Å². The predicted octanol–water partition coefficient (Wildman–Crippen LogP) is 0.439. The monoisotopic (exact) mass is 245 g/mol. The van der Waals surface area contributed by atoms with Crippen LogP contribution in [0.5, 0.6) is 0 Å². The summed E-state index contributed by atoms with van der Waals surface area (Å²) in [5.41, 5.74) is 0. The van der Waals surface area contributed by atoms with Gasteiger partial charge in [0.05, 0.1) is 12.5 Å². The molecule has 1 saturated heterocycles. The first kappa shape index (κ1) is 13.4. The first-order valence-electron chi connectivity index (χ1n) is 5.36. The zero-order valence-corrected chi connectivity index (χ0v) is 9.71. The van der Waals surface area contributed by atoms with Gasteiger partial charge in [-0.15, -0.1) is 0 Å². The summed E-state index contributed by atoms with van der Waals surface area (Å²) in [5, 5.41) is 8.49. The molecule has 0 aliphatic carbocycles. The largest absolute Gasteiger partial charge is 0.480 e. The van der Waals surface area contributed by atoms with E-state index in [1.54, 1.807) is 13.8 Å². The Hall–Kier alpha value is -1.63. The summed E-state index contributed by atoms with van der Waals surface area (Å²) in [6.45, 7) is 2.98. The molecular weight excluding hydrogens is 230 g/mol. The second kappa shape index (κ2) is 5.62. The Morgan fingerprint density at radius 1 is 1.41 bits per heavy atom. The van der Waals surface area contributed by atoms with Crippen LogP contribution in [0.25, 0.3) is 0 Å². The number of rotatable bonds is 5. The van der Waals surface area contributed by atoms with Crippen molar-refractivity contribution in [2.45, 2.75) is 26.5 Å². The van der Waals surface area contributed by atoms with Crippen molar-refractivity contribution in [2.75, 3.05) is 13.2 Å². The van der Waals surface area contributed by atoms with E-state index in [9.17, 15) is 14.4 Å². The van der Waals surface area contributed by atoms with Crippen molar-refractivity contribution in [1.29, 1.82) is 0 Å². The average molecular weight is 245 g/mol. The number of ether oxygens (including phenoxy) is 2. The molecule has 1 rings (SSSR count). The number of imide groups is 1. The molecule has 1 aliphatic rings. The Morgan fingerprint density at radius 2 is 2.06 bits per heavy atom. The Bertz CT molecular complexity index is 321. The summed E-state index contributed by atoms with van der Waals surface area (Å²) in [4.78, 5) is 34.2. The number of hydrogen-bond donors (Lipinski definition) is 1. The molecule has 2 amide bonds. The third-order valence-corrected chi connectivity index (χ3v) is 2.44. The third-order valence-electron chi connectivity index (χ3n) is 2.44. The molecule has 0 aromatic carbocycles. The number of hydrogen-bond acceptors (Lipinski definition) is 5. The first-order valence-corrected chi connectivity index (χ1v) is 5.36. The molecule has 1 aliphatic heterocycles. The van der Waals surface area contributed by atoms with Crippen LogP contribution in [0.4, 0.5) is 4.79 Å². The number of carboxylic acids is 1. The molecular formula is C10H15NO6. The predicted molar refractivity (Wildman–Crippen MR) is 55.0 cm³/mol.